The molecule has 2 aromatic carbocycles. The van der Waals surface area contributed by atoms with Crippen molar-refractivity contribution in [2.75, 3.05) is 12.9 Å². The lowest BCUT2D eigenvalue weighted by atomic mass is 9.93. The zero-order valence-electron chi connectivity index (χ0n) is 15.9. The Morgan fingerprint density at radius 2 is 1.46 bits per heavy atom. The summed E-state index contributed by atoms with van der Waals surface area (Å²) in [6.07, 6.45) is 5.49. The van der Waals surface area contributed by atoms with E-state index in [-0.39, 0.29) is 18.2 Å². The largest absolute Gasteiger partial charge is 0.459 e. The Labute approximate surface area is 173 Å². The molecule has 2 unspecified atom stereocenters. The number of hydrogen-bond acceptors (Lipinski definition) is 3. The van der Waals surface area contributed by atoms with Crippen molar-refractivity contribution in [1.82, 2.24) is 4.90 Å². The van der Waals surface area contributed by atoms with E-state index in [1.54, 1.807) is 24.3 Å². The van der Waals surface area contributed by atoms with E-state index in [9.17, 15) is 4.79 Å². The Kier molecular flexibility index (Phi) is 5.15. The maximum atomic E-state index is 16.2. The molecule has 0 radical (unpaired) electrons. The number of esters is 1. The Bertz CT molecular complexity index is 867. The van der Waals surface area contributed by atoms with Crippen LogP contribution >= 0.6 is 15.9 Å². The number of fused-ring (bicyclic) bond motifs is 5. The second-order valence-electron chi connectivity index (χ2n) is 7.43. The third kappa shape index (κ3) is 2.83. The molecule has 5 heteroatoms. The molecule has 2 atom stereocenters. The second-order valence-corrected chi connectivity index (χ2v) is 7.43. The van der Waals surface area contributed by atoms with E-state index in [2.05, 4.69) is 40.0 Å². The molecule has 2 bridgehead atoms. The van der Waals surface area contributed by atoms with E-state index in [1.165, 1.54) is 0 Å². The number of alkyl halides is 2. The van der Waals surface area contributed by atoms with Gasteiger partial charge in [-0.25, -0.2) is 9.18 Å². The summed E-state index contributed by atoms with van der Waals surface area (Å²) < 4.78 is 22.0. The molecular weight excluding hydrogens is 421 g/mol. The fourth-order valence-electron chi connectivity index (χ4n) is 4.63. The summed E-state index contributed by atoms with van der Waals surface area (Å²) in [5, 5.41) is 0. The molecule has 1 saturated heterocycles. The third-order valence-corrected chi connectivity index (χ3v) is 6.05. The second kappa shape index (κ2) is 7.45. The van der Waals surface area contributed by atoms with Crippen molar-refractivity contribution < 1.29 is 13.9 Å². The van der Waals surface area contributed by atoms with Gasteiger partial charge in [0.1, 0.15) is 6.10 Å². The lowest BCUT2D eigenvalue weighted by Crippen LogP contribution is -2.45. The molecule has 0 saturated carbocycles. The minimum atomic E-state index is -2.23. The average molecular weight is 444 g/mol. The highest BCUT2D eigenvalue weighted by Gasteiger charge is 2.52. The van der Waals surface area contributed by atoms with Crippen LogP contribution in [0.2, 0.25) is 0 Å². The number of ether oxygens (including phenoxy) is 1. The smallest absolute Gasteiger partial charge is 0.353 e. The quantitative estimate of drug-likeness (QED) is 0.378. The Hall–Kier alpha value is -1.98. The SMILES string of the molecule is CBr.CN1C2C=CC1CC(OC(=O)C1(F)c3ccccc3-c3ccccc31)C2. The predicted octanol–water partition coefficient (Wildman–Crippen LogP) is 4.84. The Morgan fingerprint density at radius 1 is 1.00 bits per heavy atom. The van der Waals surface area contributed by atoms with Crippen molar-refractivity contribution in [3.05, 3.63) is 71.8 Å². The highest BCUT2D eigenvalue weighted by atomic mass is 79.9. The Balaban J connectivity index is 0.000000932. The molecule has 2 aliphatic heterocycles. The van der Waals surface area contributed by atoms with Crippen LogP contribution in [-0.2, 0) is 15.2 Å². The van der Waals surface area contributed by atoms with Gasteiger partial charge in [0, 0.05) is 36.1 Å². The monoisotopic (exact) mass is 443 g/mol. The summed E-state index contributed by atoms with van der Waals surface area (Å²) in [6, 6.07) is 14.9. The van der Waals surface area contributed by atoms with Crippen molar-refractivity contribution in [2.24, 2.45) is 0 Å². The highest BCUT2D eigenvalue weighted by molar-refractivity contribution is 9.08. The molecule has 3 aliphatic rings. The molecule has 5 rings (SSSR count). The highest BCUT2D eigenvalue weighted by Crippen LogP contribution is 2.50. The zero-order chi connectivity index (χ0) is 19.9. The first-order valence-electron chi connectivity index (χ1n) is 9.46. The topological polar surface area (TPSA) is 29.5 Å². The van der Waals surface area contributed by atoms with E-state index in [1.807, 2.05) is 30.1 Å². The van der Waals surface area contributed by atoms with Crippen LogP contribution in [0.3, 0.4) is 0 Å². The maximum absolute atomic E-state index is 16.2. The normalized spacial score (nSPS) is 26.1. The van der Waals surface area contributed by atoms with E-state index >= 15 is 4.39 Å². The van der Waals surface area contributed by atoms with E-state index < -0.39 is 11.6 Å². The molecule has 28 heavy (non-hydrogen) atoms. The Morgan fingerprint density at radius 3 is 1.96 bits per heavy atom. The van der Waals surface area contributed by atoms with Crippen molar-refractivity contribution >= 4 is 21.9 Å². The van der Waals surface area contributed by atoms with Gasteiger partial charge in [0.25, 0.3) is 5.67 Å². The summed E-state index contributed by atoms with van der Waals surface area (Å²) in [5.41, 5.74) is 0.0870. The summed E-state index contributed by atoms with van der Waals surface area (Å²) in [4.78, 5) is 15.3. The van der Waals surface area contributed by atoms with Gasteiger partial charge >= 0.3 is 5.97 Å². The van der Waals surface area contributed by atoms with Crippen molar-refractivity contribution in [1.29, 1.82) is 0 Å². The van der Waals surface area contributed by atoms with Crippen LogP contribution in [0.25, 0.3) is 11.1 Å². The number of carbonyl (C=O) groups is 1. The molecule has 0 spiro atoms. The van der Waals surface area contributed by atoms with Gasteiger partial charge in [0.05, 0.1) is 0 Å². The van der Waals surface area contributed by atoms with Gasteiger partial charge in [0.15, 0.2) is 0 Å². The number of hydrogen-bond donors (Lipinski definition) is 0. The first kappa shape index (κ1) is 19.3. The molecule has 146 valence electrons. The van der Waals surface area contributed by atoms with Crippen LogP contribution in [0, 0.1) is 0 Å². The molecule has 0 aromatic heterocycles. The predicted molar refractivity (Wildman–Crippen MR) is 112 cm³/mol. The minimum absolute atomic E-state index is 0.253. The first-order valence-corrected chi connectivity index (χ1v) is 11.0. The molecule has 1 fully saturated rings. The number of likely N-dealkylation sites (N-methyl/N-ethyl adjacent to an activating group) is 1. The number of carbonyl (C=O) groups excluding carboxylic acids is 1. The molecule has 0 N–H and O–H groups in total. The van der Waals surface area contributed by atoms with Crippen molar-refractivity contribution in [3.63, 3.8) is 0 Å². The van der Waals surface area contributed by atoms with Gasteiger partial charge in [-0.15, -0.1) is 0 Å². The molecule has 2 heterocycles. The van der Waals surface area contributed by atoms with Gasteiger partial charge in [0.2, 0.25) is 0 Å². The molecule has 2 aromatic rings. The third-order valence-electron chi connectivity index (χ3n) is 6.05. The standard InChI is InChI=1S/C22H20FNO2.CH3Br/c1-24-14-10-11-15(24)13-16(12-14)26-21(25)22(23)19-8-4-2-6-17(19)18-7-3-5-9-20(18)22;1-2/h2-11,14-16H,12-13H2,1H3;1H3. The minimum Gasteiger partial charge on any atom is -0.459 e. The fraction of sp³-hybridized carbons (Fsp3) is 0.348. The van der Waals surface area contributed by atoms with Gasteiger partial charge in [-0.1, -0.05) is 76.6 Å². The van der Waals surface area contributed by atoms with Crippen molar-refractivity contribution in [3.8, 4) is 11.1 Å². The van der Waals surface area contributed by atoms with Crippen LogP contribution in [0.15, 0.2) is 60.7 Å². The zero-order valence-corrected chi connectivity index (χ0v) is 17.5. The molecule has 3 nitrogen and oxygen atoms in total. The number of benzene rings is 2. The van der Waals surface area contributed by atoms with Crippen LogP contribution < -0.4 is 0 Å². The van der Waals surface area contributed by atoms with Crippen LogP contribution in [-0.4, -0.2) is 41.9 Å². The average Bonchev–Trinajstić information content (AvgIpc) is 3.10. The fourth-order valence-corrected chi connectivity index (χ4v) is 4.63. The lowest BCUT2D eigenvalue weighted by molar-refractivity contribution is -0.164. The van der Waals surface area contributed by atoms with E-state index in [0.29, 0.717) is 24.0 Å². The summed E-state index contributed by atoms with van der Waals surface area (Å²) in [5.74, 6) is 1.02. The van der Waals surface area contributed by atoms with Crippen LogP contribution in [0.1, 0.15) is 24.0 Å². The van der Waals surface area contributed by atoms with Gasteiger partial charge < -0.3 is 4.74 Å². The van der Waals surface area contributed by atoms with Gasteiger partial charge in [-0.3, -0.25) is 4.90 Å². The number of rotatable bonds is 2. The van der Waals surface area contributed by atoms with E-state index in [4.69, 9.17) is 4.74 Å². The number of nitrogens with zero attached hydrogens (tertiary/aromatic N) is 1. The molecular formula is C23H23BrFNO2. The summed E-state index contributed by atoms with van der Waals surface area (Å²) in [6.45, 7) is 0. The summed E-state index contributed by atoms with van der Waals surface area (Å²) in [7, 11) is 2.08. The van der Waals surface area contributed by atoms with Crippen molar-refractivity contribution in [2.45, 2.75) is 36.7 Å². The first-order chi connectivity index (χ1) is 13.6. The van der Waals surface area contributed by atoms with Gasteiger partial charge in [-0.2, -0.15) is 0 Å². The summed E-state index contributed by atoms with van der Waals surface area (Å²) >= 11 is 2.94. The van der Waals surface area contributed by atoms with Crippen LogP contribution in [0.5, 0.6) is 0 Å². The molecule has 0 amide bonds. The van der Waals surface area contributed by atoms with E-state index in [0.717, 1.165) is 11.1 Å². The lowest BCUT2D eigenvalue weighted by Gasteiger charge is -2.36. The van der Waals surface area contributed by atoms with Crippen LogP contribution in [0.4, 0.5) is 4.39 Å². The molecule has 1 aliphatic carbocycles. The number of halogens is 2. The maximum Gasteiger partial charge on any atom is 0.353 e. The van der Waals surface area contributed by atoms with Gasteiger partial charge in [-0.05, 0) is 24.0 Å². The number of piperidine rings is 1.